The highest BCUT2D eigenvalue weighted by Crippen LogP contribution is 2.30. The molecule has 0 aliphatic heterocycles. The quantitative estimate of drug-likeness (QED) is 0.662. The number of benzene rings is 1. The summed E-state index contributed by atoms with van der Waals surface area (Å²) < 4.78 is 5.75. The molecule has 0 aliphatic carbocycles. The van der Waals surface area contributed by atoms with E-state index in [2.05, 4.69) is 45.3 Å². The molecule has 2 aromatic rings. The van der Waals surface area contributed by atoms with Gasteiger partial charge < -0.3 is 4.42 Å². The minimum Gasteiger partial charge on any atom is -0.466 e. The number of nitrogens with two attached hydrogens (primary N) is 1. The van der Waals surface area contributed by atoms with Gasteiger partial charge in [0.1, 0.15) is 11.5 Å². The number of hydrogen-bond donors (Lipinski definition) is 2. The number of hydrogen-bond acceptors (Lipinski definition) is 3. The van der Waals surface area contributed by atoms with E-state index in [1.165, 1.54) is 33.4 Å². The summed E-state index contributed by atoms with van der Waals surface area (Å²) in [6.45, 7) is 12.6. The second-order valence-electron chi connectivity index (χ2n) is 6.05. The SMILES string of the molecule is Cc1cc(C)c(CC(NN)c2c(C)oc(C)c2C)c(C)c1. The lowest BCUT2D eigenvalue weighted by Gasteiger charge is -2.20. The van der Waals surface area contributed by atoms with Crippen molar-refractivity contribution in [3.05, 3.63) is 57.0 Å². The standard InChI is InChI=1S/C18H26N2O/c1-10-7-11(2)16(12(3)8-10)9-17(20-19)18-13(4)14(5)21-15(18)6/h7-8,17,20H,9,19H2,1-6H3. The Balaban J connectivity index is 2.41. The molecule has 1 aromatic heterocycles. The molecule has 0 radical (unpaired) electrons. The Kier molecular flexibility index (Phi) is 4.55. The van der Waals surface area contributed by atoms with Gasteiger partial charge in [0.05, 0.1) is 6.04 Å². The fourth-order valence-corrected chi connectivity index (χ4v) is 3.30. The highest BCUT2D eigenvalue weighted by atomic mass is 16.3. The van der Waals surface area contributed by atoms with Gasteiger partial charge in [-0.3, -0.25) is 11.3 Å². The van der Waals surface area contributed by atoms with Crippen LogP contribution in [0.15, 0.2) is 16.5 Å². The molecule has 1 heterocycles. The van der Waals surface area contributed by atoms with Gasteiger partial charge >= 0.3 is 0 Å². The molecule has 0 saturated heterocycles. The number of aryl methyl sites for hydroxylation is 5. The Bertz CT molecular complexity index is 632. The van der Waals surface area contributed by atoms with Gasteiger partial charge in [0.2, 0.25) is 0 Å². The molecule has 114 valence electrons. The van der Waals surface area contributed by atoms with Crippen molar-refractivity contribution in [2.75, 3.05) is 0 Å². The molecule has 1 atom stereocenters. The molecule has 3 N–H and O–H groups in total. The van der Waals surface area contributed by atoms with Crippen LogP contribution >= 0.6 is 0 Å². The van der Waals surface area contributed by atoms with Crippen LogP contribution in [-0.2, 0) is 6.42 Å². The van der Waals surface area contributed by atoms with Crippen LogP contribution in [0.4, 0.5) is 0 Å². The van der Waals surface area contributed by atoms with Crippen molar-refractivity contribution >= 4 is 0 Å². The van der Waals surface area contributed by atoms with E-state index in [0.29, 0.717) is 0 Å². The minimum atomic E-state index is 0.0718. The average molecular weight is 286 g/mol. The van der Waals surface area contributed by atoms with Crippen LogP contribution in [0.25, 0.3) is 0 Å². The van der Waals surface area contributed by atoms with Crippen molar-refractivity contribution in [2.45, 2.75) is 54.0 Å². The molecule has 0 amide bonds. The van der Waals surface area contributed by atoms with Crippen LogP contribution in [0.3, 0.4) is 0 Å². The van der Waals surface area contributed by atoms with Gasteiger partial charge in [0.25, 0.3) is 0 Å². The van der Waals surface area contributed by atoms with Gasteiger partial charge in [0.15, 0.2) is 0 Å². The van der Waals surface area contributed by atoms with Crippen LogP contribution in [0.2, 0.25) is 0 Å². The zero-order valence-corrected chi connectivity index (χ0v) is 13.9. The molecule has 3 heteroatoms. The van der Waals surface area contributed by atoms with E-state index in [1.807, 2.05) is 13.8 Å². The molecule has 3 nitrogen and oxygen atoms in total. The van der Waals surface area contributed by atoms with E-state index in [9.17, 15) is 0 Å². The van der Waals surface area contributed by atoms with Crippen molar-refractivity contribution in [2.24, 2.45) is 5.84 Å². The van der Waals surface area contributed by atoms with Gasteiger partial charge in [-0.1, -0.05) is 17.7 Å². The number of nitrogens with one attached hydrogen (secondary N) is 1. The molecule has 0 aliphatic rings. The van der Waals surface area contributed by atoms with Crippen LogP contribution < -0.4 is 11.3 Å². The molecule has 1 unspecified atom stereocenters. The smallest absolute Gasteiger partial charge is 0.106 e. The summed E-state index contributed by atoms with van der Waals surface area (Å²) in [5.74, 6) is 7.76. The predicted octanol–water partition coefficient (Wildman–Crippen LogP) is 3.88. The lowest BCUT2D eigenvalue weighted by molar-refractivity contribution is 0.484. The maximum atomic E-state index is 5.84. The summed E-state index contributed by atoms with van der Waals surface area (Å²) in [6.07, 6.45) is 0.870. The fourth-order valence-electron chi connectivity index (χ4n) is 3.30. The van der Waals surface area contributed by atoms with Crippen molar-refractivity contribution < 1.29 is 4.42 Å². The number of rotatable bonds is 4. The van der Waals surface area contributed by atoms with E-state index in [4.69, 9.17) is 10.3 Å². The Morgan fingerprint density at radius 2 is 1.57 bits per heavy atom. The first kappa shape index (κ1) is 15.8. The van der Waals surface area contributed by atoms with Gasteiger partial charge in [0, 0.05) is 5.56 Å². The summed E-state index contributed by atoms with van der Waals surface area (Å²) in [6, 6.07) is 4.54. The van der Waals surface area contributed by atoms with E-state index in [-0.39, 0.29) is 6.04 Å². The van der Waals surface area contributed by atoms with E-state index >= 15 is 0 Å². The average Bonchev–Trinajstić information content (AvgIpc) is 2.64. The van der Waals surface area contributed by atoms with Gasteiger partial charge in [-0.25, -0.2) is 0 Å². The summed E-state index contributed by atoms with van der Waals surface area (Å²) in [5, 5.41) is 0. The summed E-state index contributed by atoms with van der Waals surface area (Å²) in [5.41, 5.74) is 10.7. The maximum Gasteiger partial charge on any atom is 0.106 e. The predicted molar refractivity (Wildman–Crippen MR) is 87.3 cm³/mol. The zero-order valence-electron chi connectivity index (χ0n) is 13.9. The first-order valence-electron chi connectivity index (χ1n) is 7.44. The molecule has 0 saturated carbocycles. The lowest BCUT2D eigenvalue weighted by atomic mass is 9.90. The topological polar surface area (TPSA) is 51.2 Å². The Labute approximate surface area is 127 Å². The highest BCUT2D eigenvalue weighted by Gasteiger charge is 2.21. The van der Waals surface area contributed by atoms with Crippen LogP contribution in [-0.4, -0.2) is 0 Å². The third-order valence-corrected chi connectivity index (χ3v) is 4.42. The van der Waals surface area contributed by atoms with E-state index < -0.39 is 0 Å². The largest absolute Gasteiger partial charge is 0.466 e. The van der Waals surface area contributed by atoms with Crippen LogP contribution in [0.1, 0.15) is 50.9 Å². The molecule has 0 fully saturated rings. The van der Waals surface area contributed by atoms with Gasteiger partial charge in [-0.05, 0) is 70.2 Å². The Hall–Kier alpha value is -1.58. The maximum absolute atomic E-state index is 5.84. The number of hydrazine groups is 1. The monoisotopic (exact) mass is 286 g/mol. The Morgan fingerprint density at radius 1 is 1.00 bits per heavy atom. The second-order valence-corrected chi connectivity index (χ2v) is 6.05. The van der Waals surface area contributed by atoms with Crippen molar-refractivity contribution in [3.63, 3.8) is 0 Å². The van der Waals surface area contributed by atoms with E-state index in [1.54, 1.807) is 0 Å². The third-order valence-electron chi connectivity index (χ3n) is 4.42. The molecular formula is C18H26N2O. The first-order valence-corrected chi connectivity index (χ1v) is 7.44. The highest BCUT2D eigenvalue weighted by molar-refractivity contribution is 5.41. The molecule has 2 rings (SSSR count). The van der Waals surface area contributed by atoms with Crippen molar-refractivity contribution in [3.8, 4) is 0 Å². The van der Waals surface area contributed by atoms with Crippen molar-refractivity contribution in [1.29, 1.82) is 0 Å². The molecule has 1 aromatic carbocycles. The molecule has 21 heavy (non-hydrogen) atoms. The van der Waals surface area contributed by atoms with Crippen LogP contribution in [0, 0.1) is 41.5 Å². The zero-order chi connectivity index (χ0) is 15.7. The summed E-state index contributed by atoms with van der Waals surface area (Å²) >= 11 is 0. The summed E-state index contributed by atoms with van der Waals surface area (Å²) in [7, 11) is 0. The van der Waals surface area contributed by atoms with Crippen LogP contribution in [0.5, 0.6) is 0 Å². The molecular weight excluding hydrogens is 260 g/mol. The summed E-state index contributed by atoms with van der Waals surface area (Å²) in [4.78, 5) is 0. The van der Waals surface area contributed by atoms with E-state index in [0.717, 1.165) is 17.9 Å². The molecule has 0 spiro atoms. The van der Waals surface area contributed by atoms with Crippen molar-refractivity contribution in [1.82, 2.24) is 5.43 Å². The fraction of sp³-hybridized carbons (Fsp3) is 0.444. The molecule has 0 bridgehead atoms. The van der Waals surface area contributed by atoms with Gasteiger partial charge in [-0.2, -0.15) is 0 Å². The third kappa shape index (κ3) is 3.04. The first-order chi connectivity index (χ1) is 9.85. The normalized spacial score (nSPS) is 12.7. The number of furan rings is 1. The second kappa shape index (κ2) is 6.04. The minimum absolute atomic E-state index is 0.0718. The Morgan fingerprint density at radius 3 is 2.00 bits per heavy atom. The van der Waals surface area contributed by atoms with Gasteiger partial charge in [-0.15, -0.1) is 0 Å². The lowest BCUT2D eigenvalue weighted by Crippen LogP contribution is -2.30.